The van der Waals surface area contributed by atoms with Crippen molar-refractivity contribution in [2.24, 2.45) is 4.99 Å². The van der Waals surface area contributed by atoms with E-state index in [0.29, 0.717) is 0 Å². The molecule has 0 bridgehead atoms. The predicted molar refractivity (Wildman–Crippen MR) is 106 cm³/mol. The van der Waals surface area contributed by atoms with E-state index in [-0.39, 0.29) is 0 Å². The Morgan fingerprint density at radius 3 is 2.38 bits per heavy atom. The third-order valence-corrected chi connectivity index (χ3v) is 4.86. The van der Waals surface area contributed by atoms with E-state index in [1.54, 1.807) is 6.08 Å². The van der Waals surface area contributed by atoms with Crippen LogP contribution in [-0.2, 0) is 0 Å². The maximum Gasteiger partial charge on any atom is 0.0696 e. The second kappa shape index (κ2) is 8.79. The first-order valence-electron chi connectivity index (χ1n) is 8.86. The Bertz CT molecular complexity index is 643. The van der Waals surface area contributed by atoms with Crippen LogP contribution in [-0.4, -0.2) is 31.3 Å². The van der Waals surface area contributed by atoms with Gasteiger partial charge in [-0.1, -0.05) is 43.0 Å². The molecule has 0 unspecified atom stereocenters. The van der Waals surface area contributed by atoms with Gasteiger partial charge in [-0.05, 0) is 63.3 Å². The first-order valence-corrected chi connectivity index (χ1v) is 8.86. The van der Waals surface area contributed by atoms with Gasteiger partial charge in [0.1, 0.15) is 0 Å². The van der Waals surface area contributed by atoms with E-state index in [0.717, 1.165) is 44.5 Å². The largest absolute Gasteiger partial charge is 0.306 e. The molecular weight excluding hydrogens is 292 g/mol. The number of hydrogen-bond donors (Lipinski definition) is 0. The molecule has 0 spiro atoms. The molecule has 128 valence electrons. The van der Waals surface area contributed by atoms with E-state index < -0.39 is 0 Å². The van der Waals surface area contributed by atoms with Crippen LogP contribution in [0.25, 0.3) is 0 Å². The Balaban J connectivity index is 2.69. The van der Waals surface area contributed by atoms with Crippen LogP contribution in [0.15, 0.2) is 76.0 Å². The van der Waals surface area contributed by atoms with Crippen LogP contribution >= 0.6 is 0 Å². The zero-order valence-electron chi connectivity index (χ0n) is 15.4. The van der Waals surface area contributed by atoms with E-state index in [1.807, 2.05) is 12.3 Å². The summed E-state index contributed by atoms with van der Waals surface area (Å²) in [7, 11) is 2.20. The summed E-state index contributed by atoms with van der Waals surface area (Å²) in [5, 5.41) is 0. The molecule has 0 aromatic rings. The average Bonchev–Trinajstić information content (AvgIpc) is 2.71. The average molecular weight is 322 g/mol. The van der Waals surface area contributed by atoms with Crippen molar-refractivity contribution in [3.05, 3.63) is 71.0 Å². The Labute approximate surface area is 147 Å². The van der Waals surface area contributed by atoms with Crippen LogP contribution in [0, 0.1) is 0 Å². The van der Waals surface area contributed by atoms with Crippen molar-refractivity contribution in [3.63, 3.8) is 0 Å². The van der Waals surface area contributed by atoms with Crippen molar-refractivity contribution in [2.75, 3.05) is 20.1 Å². The highest BCUT2D eigenvalue weighted by Gasteiger charge is 2.23. The summed E-state index contributed by atoms with van der Waals surface area (Å²) in [5.41, 5.74) is 7.99. The van der Waals surface area contributed by atoms with Crippen LogP contribution in [0.4, 0.5) is 0 Å². The summed E-state index contributed by atoms with van der Waals surface area (Å²) in [6.07, 6.45) is 14.2. The van der Waals surface area contributed by atoms with Crippen molar-refractivity contribution in [1.29, 1.82) is 0 Å². The number of rotatable bonds is 4. The van der Waals surface area contributed by atoms with Gasteiger partial charge in [-0.2, -0.15) is 0 Å². The SMILES string of the molecule is C=CC=NC1=C(C)CCC(C=C)=C(/C=C\C)C1=C1CCN(C)CC1. The highest BCUT2D eigenvalue weighted by atomic mass is 15.1. The zero-order chi connectivity index (χ0) is 17.5. The fourth-order valence-corrected chi connectivity index (χ4v) is 3.44. The maximum absolute atomic E-state index is 4.78. The van der Waals surface area contributed by atoms with Gasteiger partial charge < -0.3 is 4.90 Å². The quantitative estimate of drug-likeness (QED) is 0.633. The summed E-state index contributed by atoms with van der Waals surface area (Å²) in [6.45, 7) is 14.4. The van der Waals surface area contributed by atoms with Crippen LogP contribution in [0.3, 0.4) is 0 Å². The number of hydrogen-bond acceptors (Lipinski definition) is 2. The summed E-state index contributed by atoms with van der Waals surface area (Å²) in [5.74, 6) is 0. The molecule has 1 aliphatic carbocycles. The minimum absolute atomic E-state index is 1.03. The molecule has 0 radical (unpaired) electrons. The normalized spacial score (nSPS) is 21.1. The fourth-order valence-electron chi connectivity index (χ4n) is 3.44. The lowest BCUT2D eigenvalue weighted by atomic mass is 9.88. The van der Waals surface area contributed by atoms with Gasteiger partial charge in [-0.15, -0.1) is 0 Å². The monoisotopic (exact) mass is 322 g/mol. The lowest BCUT2D eigenvalue weighted by Crippen LogP contribution is -2.27. The molecule has 0 amide bonds. The second-order valence-corrected chi connectivity index (χ2v) is 6.57. The molecule has 2 nitrogen and oxygen atoms in total. The third-order valence-electron chi connectivity index (χ3n) is 4.86. The number of allylic oxidation sites excluding steroid dienone is 7. The van der Waals surface area contributed by atoms with Gasteiger partial charge in [0.05, 0.1) is 5.70 Å². The Hall–Kier alpha value is -1.93. The zero-order valence-corrected chi connectivity index (χ0v) is 15.4. The molecule has 24 heavy (non-hydrogen) atoms. The first kappa shape index (κ1) is 18.4. The highest BCUT2D eigenvalue weighted by molar-refractivity contribution is 5.73. The molecular formula is C22H30N2. The number of aliphatic imine (C=N–C) groups is 1. The van der Waals surface area contributed by atoms with E-state index in [4.69, 9.17) is 4.99 Å². The van der Waals surface area contributed by atoms with Crippen molar-refractivity contribution in [2.45, 2.75) is 39.5 Å². The van der Waals surface area contributed by atoms with Gasteiger partial charge in [0, 0.05) is 24.9 Å². The van der Waals surface area contributed by atoms with Crippen LogP contribution < -0.4 is 0 Å². The molecule has 1 fully saturated rings. The van der Waals surface area contributed by atoms with Crippen molar-refractivity contribution < 1.29 is 0 Å². The molecule has 0 atom stereocenters. The van der Waals surface area contributed by atoms with E-state index >= 15 is 0 Å². The minimum atomic E-state index is 1.03. The number of piperidine rings is 1. The summed E-state index contributed by atoms with van der Waals surface area (Å²) >= 11 is 0. The van der Waals surface area contributed by atoms with Gasteiger partial charge in [0.15, 0.2) is 0 Å². The van der Waals surface area contributed by atoms with Gasteiger partial charge >= 0.3 is 0 Å². The molecule has 2 aliphatic rings. The lowest BCUT2D eigenvalue weighted by molar-refractivity contribution is 0.311. The highest BCUT2D eigenvalue weighted by Crippen LogP contribution is 2.39. The molecule has 0 N–H and O–H groups in total. The molecule has 1 saturated heterocycles. The second-order valence-electron chi connectivity index (χ2n) is 6.57. The van der Waals surface area contributed by atoms with Gasteiger partial charge in [0.25, 0.3) is 0 Å². The Kier molecular flexibility index (Phi) is 6.74. The minimum Gasteiger partial charge on any atom is -0.306 e. The van der Waals surface area contributed by atoms with Crippen LogP contribution in [0.1, 0.15) is 39.5 Å². The Morgan fingerprint density at radius 2 is 1.79 bits per heavy atom. The summed E-state index contributed by atoms with van der Waals surface area (Å²) < 4.78 is 0. The predicted octanol–water partition coefficient (Wildman–Crippen LogP) is 5.39. The third kappa shape index (κ3) is 4.12. The van der Waals surface area contributed by atoms with Gasteiger partial charge in [-0.25, -0.2) is 0 Å². The Morgan fingerprint density at radius 1 is 1.08 bits per heavy atom. The number of likely N-dealkylation sites (tertiary alicyclic amines) is 1. The molecule has 0 aromatic carbocycles. The van der Waals surface area contributed by atoms with Crippen molar-refractivity contribution >= 4 is 6.21 Å². The van der Waals surface area contributed by atoms with E-state index in [2.05, 4.69) is 51.1 Å². The van der Waals surface area contributed by atoms with E-state index in [9.17, 15) is 0 Å². The fraction of sp³-hybridized carbons (Fsp3) is 0.409. The van der Waals surface area contributed by atoms with Crippen LogP contribution in [0.2, 0.25) is 0 Å². The molecule has 2 heteroatoms. The van der Waals surface area contributed by atoms with Crippen molar-refractivity contribution in [1.82, 2.24) is 4.90 Å². The number of nitrogens with zero attached hydrogens (tertiary/aromatic N) is 2. The maximum atomic E-state index is 4.78. The summed E-state index contributed by atoms with van der Waals surface area (Å²) in [4.78, 5) is 7.18. The molecule has 1 aliphatic heterocycles. The molecule has 1 heterocycles. The smallest absolute Gasteiger partial charge is 0.0696 e. The lowest BCUT2D eigenvalue weighted by Gasteiger charge is -2.27. The van der Waals surface area contributed by atoms with Gasteiger partial charge in [0.2, 0.25) is 0 Å². The standard InChI is InChI=1S/C22H30N2/c1-6-9-20-18(8-3)11-10-17(4)22(23-14-7-2)21(20)19-12-15-24(5)16-13-19/h6-9,14H,2-3,10-13,15-16H2,1,4-5H3/b9-6-,23-14?. The van der Waals surface area contributed by atoms with Crippen molar-refractivity contribution in [3.8, 4) is 0 Å². The first-order chi connectivity index (χ1) is 11.6. The van der Waals surface area contributed by atoms with Crippen LogP contribution in [0.5, 0.6) is 0 Å². The molecule has 0 saturated carbocycles. The summed E-state index contributed by atoms with van der Waals surface area (Å²) in [6, 6.07) is 0. The molecule has 0 aromatic heterocycles. The molecule has 2 rings (SSSR count). The van der Waals surface area contributed by atoms with Gasteiger partial charge in [-0.3, -0.25) is 4.99 Å². The topological polar surface area (TPSA) is 15.6 Å². The van der Waals surface area contributed by atoms with E-state index in [1.165, 1.54) is 27.9 Å².